The molecule has 0 aliphatic carbocycles. The van der Waals surface area contributed by atoms with Gasteiger partial charge in [0.2, 0.25) is 0 Å². The van der Waals surface area contributed by atoms with E-state index in [4.69, 9.17) is 11.6 Å². The number of phenolic OH excluding ortho intramolecular Hbond substituents is 1. The molecule has 2 nitrogen and oxygen atoms in total. The van der Waals surface area contributed by atoms with Gasteiger partial charge in [-0.05, 0) is 29.8 Å². The van der Waals surface area contributed by atoms with Crippen molar-refractivity contribution in [3.8, 4) is 5.75 Å². The van der Waals surface area contributed by atoms with Crippen molar-refractivity contribution in [2.75, 3.05) is 0 Å². The van der Waals surface area contributed by atoms with Crippen molar-refractivity contribution in [2.45, 2.75) is 0 Å². The standard InChI is InChI=1S/C17H13ClO2/c18-14-10-11-17(20)15(12-14)16(19)9-5-4-8-13-6-2-1-3-7-13/h1-12,20H/b8-4+,9-5+. The van der Waals surface area contributed by atoms with Crippen LogP contribution in [0, 0.1) is 0 Å². The zero-order chi connectivity index (χ0) is 14.4. The number of ketones is 1. The van der Waals surface area contributed by atoms with Crippen LogP contribution in [0.2, 0.25) is 5.02 Å². The highest BCUT2D eigenvalue weighted by atomic mass is 35.5. The van der Waals surface area contributed by atoms with Gasteiger partial charge in [-0.3, -0.25) is 4.79 Å². The molecule has 100 valence electrons. The Morgan fingerprint density at radius 1 is 1.05 bits per heavy atom. The summed E-state index contributed by atoms with van der Waals surface area (Å²) in [7, 11) is 0. The Hall–Kier alpha value is -2.32. The third-order valence-electron chi connectivity index (χ3n) is 2.67. The maximum Gasteiger partial charge on any atom is 0.189 e. The lowest BCUT2D eigenvalue weighted by molar-refractivity contribution is 0.104. The molecule has 0 spiro atoms. The topological polar surface area (TPSA) is 37.3 Å². The fourth-order valence-electron chi connectivity index (χ4n) is 1.67. The molecule has 0 fully saturated rings. The Bertz CT molecular complexity index is 658. The second kappa shape index (κ2) is 6.73. The lowest BCUT2D eigenvalue weighted by Crippen LogP contribution is -1.94. The smallest absolute Gasteiger partial charge is 0.189 e. The Kier molecular flexibility index (Phi) is 4.75. The monoisotopic (exact) mass is 284 g/mol. The second-order valence-corrected chi connectivity index (χ2v) is 4.59. The number of phenols is 1. The van der Waals surface area contributed by atoms with E-state index < -0.39 is 0 Å². The van der Waals surface area contributed by atoms with Gasteiger partial charge >= 0.3 is 0 Å². The average Bonchev–Trinajstić information content (AvgIpc) is 2.47. The molecule has 0 unspecified atom stereocenters. The van der Waals surface area contributed by atoms with E-state index in [0.717, 1.165) is 5.56 Å². The van der Waals surface area contributed by atoms with E-state index >= 15 is 0 Å². The molecule has 20 heavy (non-hydrogen) atoms. The van der Waals surface area contributed by atoms with Gasteiger partial charge in [0.05, 0.1) is 5.56 Å². The Morgan fingerprint density at radius 3 is 2.55 bits per heavy atom. The van der Waals surface area contributed by atoms with Crippen LogP contribution in [0.3, 0.4) is 0 Å². The number of carbonyl (C=O) groups is 1. The summed E-state index contributed by atoms with van der Waals surface area (Å²) >= 11 is 5.80. The zero-order valence-electron chi connectivity index (χ0n) is 10.7. The van der Waals surface area contributed by atoms with Gasteiger partial charge in [-0.15, -0.1) is 0 Å². The van der Waals surface area contributed by atoms with Crippen molar-refractivity contribution in [1.82, 2.24) is 0 Å². The first-order chi connectivity index (χ1) is 9.66. The SMILES string of the molecule is O=C(/C=C/C=C/c1ccccc1)c1cc(Cl)ccc1O. The number of allylic oxidation sites excluding steroid dienone is 3. The number of carbonyl (C=O) groups excluding carboxylic acids is 1. The average molecular weight is 285 g/mol. The van der Waals surface area contributed by atoms with Gasteiger partial charge in [-0.25, -0.2) is 0 Å². The molecular weight excluding hydrogens is 272 g/mol. The normalized spacial score (nSPS) is 11.2. The van der Waals surface area contributed by atoms with Gasteiger partial charge < -0.3 is 5.11 Å². The summed E-state index contributed by atoms with van der Waals surface area (Å²) in [4.78, 5) is 11.9. The number of hydrogen-bond acceptors (Lipinski definition) is 2. The van der Waals surface area contributed by atoms with Crippen molar-refractivity contribution < 1.29 is 9.90 Å². The highest BCUT2D eigenvalue weighted by Gasteiger charge is 2.08. The van der Waals surface area contributed by atoms with Crippen LogP contribution in [0.1, 0.15) is 15.9 Å². The molecule has 0 atom stereocenters. The van der Waals surface area contributed by atoms with Crippen LogP contribution in [0.4, 0.5) is 0 Å². The fourth-order valence-corrected chi connectivity index (χ4v) is 1.84. The third-order valence-corrected chi connectivity index (χ3v) is 2.91. The van der Waals surface area contributed by atoms with Crippen LogP contribution < -0.4 is 0 Å². The highest BCUT2D eigenvalue weighted by molar-refractivity contribution is 6.31. The lowest BCUT2D eigenvalue weighted by Gasteiger charge is -2.00. The third kappa shape index (κ3) is 3.84. The summed E-state index contributed by atoms with van der Waals surface area (Å²) in [6.45, 7) is 0. The number of halogens is 1. The van der Waals surface area contributed by atoms with E-state index in [1.54, 1.807) is 12.2 Å². The summed E-state index contributed by atoms with van der Waals surface area (Å²) in [5.41, 5.74) is 1.25. The largest absolute Gasteiger partial charge is 0.507 e. The van der Waals surface area contributed by atoms with E-state index in [1.165, 1.54) is 24.3 Å². The molecule has 0 aliphatic heterocycles. The van der Waals surface area contributed by atoms with E-state index in [0.29, 0.717) is 5.02 Å². The van der Waals surface area contributed by atoms with Gasteiger partial charge in [-0.2, -0.15) is 0 Å². The molecule has 0 heterocycles. The minimum atomic E-state index is -0.289. The number of aromatic hydroxyl groups is 1. The molecule has 0 amide bonds. The van der Waals surface area contributed by atoms with Gasteiger partial charge in [0.25, 0.3) is 0 Å². The zero-order valence-corrected chi connectivity index (χ0v) is 11.4. The molecule has 0 radical (unpaired) electrons. The van der Waals surface area contributed by atoms with Gasteiger partial charge in [0, 0.05) is 5.02 Å². The van der Waals surface area contributed by atoms with Crippen LogP contribution in [0.5, 0.6) is 5.75 Å². The maximum absolute atomic E-state index is 11.9. The molecule has 3 heteroatoms. The van der Waals surface area contributed by atoms with Crippen LogP contribution in [0.15, 0.2) is 66.8 Å². The fraction of sp³-hybridized carbons (Fsp3) is 0. The van der Waals surface area contributed by atoms with Crippen molar-refractivity contribution in [2.24, 2.45) is 0 Å². The molecule has 0 aromatic heterocycles. The molecule has 0 saturated heterocycles. The van der Waals surface area contributed by atoms with Crippen LogP contribution in [0.25, 0.3) is 6.08 Å². The first-order valence-electron chi connectivity index (χ1n) is 6.09. The summed E-state index contributed by atoms with van der Waals surface area (Å²) in [6, 6.07) is 14.2. The molecule has 0 bridgehead atoms. The number of rotatable bonds is 4. The van der Waals surface area contributed by atoms with Crippen LogP contribution >= 0.6 is 11.6 Å². The molecule has 2 rings (SSSR count). The van der Waals surface area contributed by atoms with E-state index in [2.05, 4.69) is 0 Å². The summed E-state index contributed by atoms with van der Waals surface area (Å²) < 4.78 is 0. The lowest BCUT2D eigenvalue weighted by atomic mass is 10.1. The number of benzene rings is 2. The van der Waals surface area contributed by atoms with E-state index in [1.807, 2.05) is 36.4 Å². The van der Waals surface area contributed by atoms with Crippen molar-refractivity contribution >= 4 is 23.5 Å². The van der Waals surface area contributed by atoms with Crippen LogP contribution in [-0.2, 0) is 0 Å². The second-order valence-electron chi connectivity index (χ2n) is 4.15. The first kappa shape index (κ1) is 14.1. The summed E-state index contributed by atoms with van der Waals surface area (Å²) in [5.74, 6) is -0.362. The molecule has 0 saturated carbocycles. The summed E-state index contributed by atoms with van der Waals surface area (Å²) in [5, 5.41) is 10.0. The van der Waals surface area contributed by atoms with Crippen LogP contribution in [-0.4, -0.2) is 10.9 Å². The Labute approximate surface area is 122 Å². The van der Waals surface area contributed by atoms with Gasteiger partial charge in [-0.1, -0.05) is 60.2 Å². The van der Waals surface area contributed by atoms with Crippen molar-refractivity contribution in [1.29, 1.82) is 0 Å². The van der Waals surface area contributed by atoms with Gasteiger partial charge in [0.15, 0.2) is 5.78 Å². The Morgan fingerprint density at radius 2 is 1.80 bits per heavy atom. The van der Waals surface area contributed by atoms with E-state index in [9.17, 15) is 9.90 Å². The van der Waals surface area contributed by atoms with Crippen molar-refractivity contribution in [3.63, 3.8) is 0 Å². The minimum absolute atomic E-state index is 0.0731. The Balaban J connectivity index is 2.06. The maximum atomic E-state index is 11.9. The molecule has 0 aliphatic rings. The quantitative estimate of drug-likeness (QED) is 0.510. The van der Waals surface area contributed by atoms with Gasteiger partial charge in [0.1, 0.15) is 5.75 Å². The van der Waals surface area contributed by atoms with Crippen molar-refractivity contribution in [3.05, 3.63) is 82.9 Å². The predicted molar refractivity (Wildman–Crippen MR) is 82.1 cm³/mol. The van der Waals surface area contributed by atoms with E-state index in [-0.39, 0.29) is 17.1 Å². The molecule has 2 aromatic rings. The summed E-state index contributed by atoms with van der Waals surface area (Å²) in [6.07, 6.45) is 6.69. The number of hydrogen-bond donors (Lipinski definition) is 1. The molecular formula is C17H13ClO2. The molecule has 1 N–H and O–H groups in total. The first-order valence-corrected chi connectivity index (χ1v) is 6.47. The predicted octanol–water partition coefficient (Wildman–Crippen LogP) is 4.50. The molecule has 2 aromatic carbocycles. The highest BCUT2D eigenvalue weighted by Crippen LogP contribution is 2.22. The minimum Gasteiger partial charge on any atom is -0.507 e.